The highest BCUT2D eigenvalue weighted by atomic mass is 19.1. The summed E-state index contributed by atoms with van der Waals surface area (Å²) in [5.74, 6) is -1.55. The van der Waals surface area contributed by atoms with Crippen LogP contribution in [0.15, 0.2) is 40.8 Å². The lowest BCUT2D eigenvalue weighted by Crippen LogP contribution is -2.05. The van der Waals surface area contributed by atoms with Gasteiger partial charge in [-0.1, -0.05) is 6.07 Å². The minimum absolute atomic E-state index is 0.0361. The third-order valence-electron chi connectivity index (χ3n) is 3.67. The van der Waals surface area contributed by atoms with E-state index in [2.05, 4.69) is 10.1 Å². The molecule has 4 nitrogen and oxygen atoms in total. The van der Waals surface area contributed by atoms with E-state index in [1.165, 1.54) is 25.3 Å². The molecule has 3 rings (SSSR count). The van der Waals surface area contributed by atoms with Gasteiger partial charge in [0.05, 0.1) is 12.7 Å². The number of hydrogen-bond donors (Lipinski definition) is 1. The predicted octanol–water partition coefficient (Wildman–Crippen LogP) is 3.88. The van der Waals surface area contributed by atoms with Crippen molar-refractivity contribution >= 4 is 16.9 Å². The molecule has 0 unspecified atom stereocenters. The zero-order valence-electron chi connectivity index (χ0n) is 13.2. The van der Waals surface area contributed by atoms with Gasteiger partial charge in [0.15, 0.2) is 0 Å². The Balaban J connectivity index is 2.13. The summed E-state index contributed by atoms with van der Waals surface area (Å²) in [7, 11) is 2.97. The van der Waals surface area contributed by atoms with Crippen LogP contribution < -0.4 is 5.32 Å². The molecule has 6 heteroatoms. The summed E-state index contributed by atoms with van der Waals surface area (Å²) >= 11 is 0. The van der Waals surface area contributed by atoms with Crippen molar-refractivity contribution in [1.29, 1.82) is 0 Å². The first kappa shape index (κ1) is 16.1. The summed E-state index contributed by atoms with van der Waals surface area (Å²) < 4.78 is 38.3. The number of fused-ring (bicyclic) bond motifs is 1. The maximum atomic E-state index is 14.3. The van der Waals surface area contributed by atoms with Gasteiger partial charge in [0.25, 0.3) is 0 Å². The molecule has 1 aromatic heterocycles. The number of halogens is 2. The Morgan fingerprint density at radius 2 is 2.00 bits per heavy atom. The molecule has 0 aliphatic rings. The number of esters is 1. The molecule has 0 amide bonds. The monoisotopic (exact) mass is 331 g/mol. The number of nitrogens with one attached hydrogen (secondary N) is 1. The standard InChI is InChI=1S/C18H15F2NO3/c1-21-9-10-3-4-13(15(20)5-10)16-7-11-6-12(19)8-14(17(11)24-16)18(22)23-2/h3-8,21H,9H2,1-2H3. The van der Waals surface area contributed by atoms with Crippen LogP contribution in [0, 0.1) is 11.6 Å². The molecular formula is C18H15F2NO3. The third kappa shape index (κ3) is 2.88. The second kappa shape index (κ2) is 6.41. The molecule has 0 atom stereocenters. The van der Waals surface area contributed by atoms with E-state index in [9.17, 15) is 13.6 Å². The molecule has 0 bridgehead atoms. The maximum Gasteiger partial charge on any atom is 0.341 e. The molecule has 0 saturated carbocycles. The fraction of sp³-hybridized carbons (Fsp3) is 0.167. The van der Waals surface area contributed by atoms with Gasteiger partial charge in [-0.25, -0.2) is 13.6 Å². The summed E-state index contributed by atoms with van der Waals surface area (Å²) in [5, 5.41) is 3.31. The summed E-state index contributed by atoms with van der Waals surface area (Å²) in [5.41, 5.74) is 1.15. The first-order valence-electron chi connectivity index (χ1n) is 7.28. The van der Waals surface area contributed by atoms with Gasteiger partial charge in [0.2, 0.25) is 0 Å². The average Bonchev–Trinajstić information content (AvgIpc) is 2.97. The normalized spacial score (nSPS) is 11.0. The molecule has 124 valence electrons. The summed E-state index contributed by atoms with van der Waals surface area (Å²) in [6, 6.07) is 8.52. The molecule has 0 radical (unpaired) electrons. The van der Waals surface area contributed by atoms with Crippen molar-refractivity contribution in [2.75, 3.05) is 14.2 Å². The molecule has 1 heterocycles. The predicted molar refractivity (Wildman–Crippen MR) is 85.7 cm³/mol. The zero-order valence-corrected chi connectivity index (χ0v) is 13.2. The van der Waals surface area contributed by atoms with Crippen LogP contribution >= 0.6 is 0 Å². The van der Waals surface area contributed by atoms with Gasteiger partial charge in [-0.05, 0) is 42.9 Å². The van der Waals surface area contributed by atoms with E-state index in [0.29, 0.717) is 11.9 Å². The Hall–Kier alpha value is -2.73. The van der Waals surface area contributed by atoms with Crippen molar-refractivity contribution in [1.82, 2.24) is 5.32 Å². The SMILES string of the molecule is CNCc1ccc(-c2cc3cc(F)cc(C(=O)OC)c3o2)c(F)c1. The molecule has 0 aliphatic carbocycles. The van der Waals surface area contributed by atoms with E-state index in [1.54, 1.807) is 19.2 Å². The zero-order chi connectivity index (χ0) is 17.3. The Morgan fingerprint density at radius 1 is 1.21 bits per heavy atom. The fourth-order valence-corrected chi connectivity index (χ4v) is 2.58. The van der Waals surface area contributed by atoms with E-state index in [-0.39, 0.29) is 22.5 Å². The van der Waals surface area contributed by atoms with Crippen LogP contribution in [0.5, 0.6) is 0 Å². The molecule has 2 aromatic carbocycles. The summed E-state index contributed by atoms with van der Waals surface area (Å²) in [4.78, 5) is 11.8. The number of carbonyl (C=O) groups excluding carboxylic acids is 1. The van der Waals surface area contributed by atoms with Gasteiger partial charge >= 0.3 is 5.97 Å². The summed E-state index contributed by atoms with van der Waals surface area (Å²) in [6.45, 7) is 0.537. The van der Waals surface area contributed by atoms with Crippen molar-refractivity contribution in [3.8, 4) is 11.3 Å². The molecule has 3 aromatic rings. The number of rotatable bonds is 4. The smallest absolute Gasteiger partial charge is 0.341 e. The number of methoxy groups -OCH3 is 1. The van der Waals surface area contributed by atoms with Crippen molar-refractivity contribution < 1.29 is 22.7 Å². The van der Waals surface area contributed by atoms with E-state index < -0.39 is 17.6 Å². The molecule has 0 saturated heterocycles. The third-order valence-corrected chi connectivity index (χ3v) is 3.67. The molecule has 0 spiro atoms. The fourth-order valence-electron chi connectivity index (χ4n) is 2.58. The number of furan rings is 1. The highest BCUT2D eigenvalue weighted by molar-refractivity contribution is 6.03. The maximum absolute atomic E-state index is 14.3. The van der Waals surface area contributed by atoms with Gasteiger partial charge in [0.1, 0.15) is 28.5 Å². The largest absolute Gasteiger partial charge is 0.465 e. The Labute approximate surface area is 137 Å². The first-order chi connectivity index (χ1) is 11.5. The molecule has 0 aliphatic heterocycles. The Bertz CT molecular complexity index is 918. The van der Waals surface area contributed by atoms with Crippen LogP contribution in [0.4, 0.5) is 8.78 Å². The van der Waals surface area contributed by atoms with Crippen LogP contribution in [0.2, 0.25) is 0 Å². The van der Waals surface area contributed by atoms with Gasteiger partial charge in [-0.15, -0.1) is 0 Å². The van der Waals surface area contributed by atoms with Crippen molar-refractivity contribution in [3.63, 3.8) is 0 Å². The molecule has 24 heavy (non-hydrogen) atoms. The lowest BCUT2D eigenvalue weighted by Gasteiger charge is -2.04. The lowest BCUT2D eigenvalue weighted by molar-refractivity contribution is 0.0601. The minimum Gasteiger partial charge on any atom is -0.465 e. The highest BCUT2D eigenvalue weighted by Crippen LogP contribution is 2.32. The van der Waals surface area contributed by atoms with E-state index in [1.807, 2.05) is 0 Å². The topological polar surface area (TPSA) is 51.5 Å². The van der Waals surface area contributed by atoms with Crippen LogP contribution in [0.25, 0.3) is 22.3 Å². The van der Waals surface area contributed by atoms with E-state index in [0.717, 1.165) is 11.6 Å². The second-order valence-corrected chi connectivity index (χ2v) is 5.32. The van der Waals surface area contributed by atoms with Crippen molar-refractivity contribution in [2.45, 2.75) is 6.54 Å². The average molecular weight is 331 g/mol. The molecule has 1 N–H and O–H groups in total. The van der Waals surface area contributed by atoms with Gasteiger partial charge < -0.3 is 14.5 Å². The van der Waals surface area contributed by atoms with Crippen molar-refractivity contribution in [2.24, 2.45) is 0 Å². The van der Waals surface area contributed by atoms with Gasteiger partial charge in [0, 0.05) is 11.9 Å². The highest BCUT2D eigenvalue weighted by Gasteiger charge is 2.19. The Morgan fingerprint density at radius 3 is 2.67 bits per heavy atom. The summed E-state index contributed by atoms with van der Waals surface area (Å²) in [6.07, 6.45) is 0. The van der Waals surface area contributed by atoms with Crippen LogP contribution in [0.1, 0.15) is 15.9 Å². The van der Waals surface area contributed by atoms with E-state index >= 15 is 0 Å². The number of hydrogen-bond acceptors (Lipinski definition) is 4. The van der Waals surface area contributed by atoms with Crippen LogP contribution in [-0.4, -0.2) is 20.1 Å². The second-order valence-electron chi connectivity index (χ2n) is 5.32. The number of benzene rings is 2. The molecule has 0 fully saturated rings. The quantitative estimate of drug-likeness (QED) is 0.737. The lowest BCUT2D eigenvalue weighted by atomic mass is 10.1. The van der Waals surface area contributed by atoms with E-state index in [4.69, 9.17) is 4.42 Å². The first-order valence-corrected chi connectivity index (χ1v) is 7.28. The van der Waals surface area contributed by atoms with Crippen LogP contribution in [-0.2, 0) is 11.3 Å². The van der Waals surface area contributed by atoms with Crippen molar-refractivity contribution in [3.05, 3.63) is 59.2 Å². The Kier molecular flexibility index (Phi) is 4.31. The minimum atomic E-state index is -0.717. The van der Waals surface area contributed by atoms with Gasteiger partial charge in [-0.2, -0.15) is 0 Å². The molecular weight excluding hydrogens is 316 g/mol. The van der Waals surface area contributed by atoms with Gasteiger partial charge in [-0.3, -0.25) is 0 Å². The number of carbonyl (C=O) groups is 1. The van der Waals surface area contributed by atoms with Crippen LogP contribution in [0.3, 0.4) is 0 Å². The number of ether oxygens (including phenoxy) is 1.